The van der Waals surface area contributed by atoms with Gasteiger partial charge in [0.1, 0.15) is 11.4 Å². The van der Waals surface area contributed by atoms with E-state index in [-0.39, 0.29) is 5.41 Å². The van der Waals surface area contributed by atoms with E-state index in [1.165, 1.54) is 5.56 Å². The quantitative estimate of drug-likeness (QED) is 0.584. The first-order valence-electron chi connectivity index (χ1n) is 9.10. The number of carbonyl (C=O) groups excluding carboxylic acids is 1. The van der Waals surface area contributed by atoms with Crippen molar-refractivity contribution in [1.29, 1.82) is 0 Å². The molecule has 3 rings (SSSR count). The number of methoxy groups -OCH3 is 1. The van der Waals surface area contributed by atoms with Gasteiger partial charge in [0.25, 0.3) is 0 Å². The van der Waals surface area contributed by atoms with Gasteiger partial charge in [0, 0.05) is 5.39 Å². The standard InChI is InChI=1S/C23H25NO3/c1-6-27-22(25)21-14-18(15-7-9-16(10-8-15)23(2,3)4)19-13-17(26-5)11-12-20(19)24-21/h7-14H,6H2,1-5H3. The molecule has 0 aliphatic heterocycles. The maximum Gasteiger partial charge on any atom is 0.356 e. The molecule has 27 heavy (non-hydrogen) atoms. The van der Waals surface area contributed by atoms with Gasteiger partial charge in [-0.25, -0.2) is 9.78 Å². The lowest BCUT2D eigenvalue weighted by atomic mass is 9.86. The number of nitrogens with zero attached hydrogens (tertiary/aromatic N) is 1. The molecule has 0 radical (unpaired) electrons. The fourth-order valence-corrected chi connectivity index (χ4v) is 3.03. The molecule has 0 aliphatic carbocycles. The van der Waals surface area contributed by atoms with Crippen molar-refractivity contribution in [1.82, 2.24) is 4.98 Å². The Morgan fingerprint density at radius 3 is 2.33 bits per heavy atom. The second-order valence-corrected chi connectivity index (χ2v) is 7.49. The van der Waals surface area contributed by atoms with Crippen molar-refractivity contribution in [3.8, 4) is 16.9 Å². The Bertz CT molecular complexity index is 969. The average molecular weight is 363 g/mol. The highest BCUT2D eigenvalue weighted by Gasteiger charge is 2.17. The average Bonchev–Trinajstić information content (AvgIpc) is 2.66. The number of hydrogen-bond acceptors (Lipinski definition) is 4. The van der Waals surface area contributed by atoms with Crippen molar-refractivity contribution < 1.29 is 14.3 Å². The van der Waals surface area contributed by atoms with Crippen molar-refractivity contribution in [2.45, 2.75) is 33.1 Å². The zero-order valence-electron chi connectivity index (χ0n) is 16.5. The van der Waals surface area contributed by atoms with Gasteiger partial charge >= 0.3 is 5.97 Å². The third-order valence-corrected chi connectivity index (χ3v) is 4.56. The lowest BCUT2D eigenvalue weighted by Crippen LogP contribution is -2.10. The molecular weight excluding hydrogens is 338 g/mol. The SMILES string of the molecule is CCOC(=O)c1cc(-c2ccc(C(C)(C)C)cc2)c2cc(OC)ccc2n1. The maximum absolute atomic E-state index is 12.3. The Morgan fingerprint density at radius 1 is 1.04 bits per heavy atom. The van der Waals surface area contributed by atoms with Crippen molar-refractivity contribution in [2.75, 3.05) is 13.7 Å². The molecule has 0 atom stereocenters. The van der Waals surface area contributed by atoms with E-state index < -0.39 is 5.97 Å². The highest BCUT2D eigenvalue weighted by Crippen LogP contribution is 2.33. The molecular formula is C23H25NO3. The van der Waals surface area contributed by atoms with Crippen LogP contribution in [0.4, 0.5) is 0 Å². The molecule has 3 aromatic rings. The molecule has 140 valence electrons. The fraction of sp³-hybridized carbons (Fsp3) is 0.304. The van der Waals surface area contributed by atoms with Crippen LogP contribution in [-0.4, -0.2) is 24.7 Å². The van der Waals surface area contributed by atoms with Gasteiger partial charge in [0.05, 0.1) is 19.2 Å². The smallest absolute Gasteiger partial charge is 0.356 e. The van der Waals surface area contributed by atoms with Crippen LogP contribution in [0.25, 0.3) is 22.0 Å². The van der Waals surface area contributed by atoms with Gasteiger partial charge in [-0.15, -0.1) is 0 Å². The topological polar surface area (TPSA) is 48.4 Å². The number of carbonyl (C=O) groups is 1. The van der Waals surface area contributed by atoms with E-state index in [1.807, 2.05) is 18.2 Å². The number of aromatic nitrogens is 1. The van der Waals surface area contributed by atoms with Crippen molar-refractivity contribution in [2.24, 2.45) is 0 Å². The molecule has 0 aliphatic rings. The van der Waals surface area contributed by atoms with Gasteiger partial charge < -0.3 is 9.47 Å². The third kappa shape index (κ3) is 3.95. The van der Waals surface area contributed by atoms with Crippen LogP contribution in [0.2, 0.25) is 0 Å². The molecule has 0 spiro atoms. The zero-order chi connectivity index (χ0) is 19.6. The Kier molecular flexibility index (Phi) is 5.17. The highest BCUT2D eigenvalue weighted by molar-refractivity contribution is 6.00. The summed E-state index contributed by atoms with van der Waals surface area (Å²) in [5.41, 5.74) is 4.34. The van der Waals surface area contributed by atoms with E-state index in [2.05, 4.69) is 50.0 Å². The van der Waals surface area contributed by atoms with Crippen LogP contribution in [0.1, 0.15) is 43.7 Å². The van der Waals surface area contributed by atoms with Gasteiger partial charge in [-0.3, -0.25) is 0 Å². The van der Waals surface area contributed by atoms with Gasteiger partial charge in [-0.1, -0.05) is 45.0 Å². The monoisotopic (exact) mass is 363 g/mol. The first-order valence-corrected chi connectivity index (χ1v) is 9.10. The molecule has 1 aromatic heterocycles. The molecule has 0 saturated carbocycles. The van der Waals surface area contributed by atoms with Crippen LogP contribution < -0.4 is 4.74 Å². The molecule has 0 bridgehead atoms. The normalized spacial score (nSPS) is 11.4. The number of benzene rings is 2. The Hall–Kier alpha value is -2.88. The summed E-state index contributed by atoms with van der Waals surface area (Å²) in [4.78, 5) is 16.8. The second kappa shape index (κ2) is 7.39. The Balaban J connectivity index is 2.20. The number of pyridine rings is 1. The van der Waals surface area contributed by atoms with Crippen LogP contribution in [0.15, 0.2) is 48.5 Å². The predicted octanol–water partition coefficient (Wildman–Crippen LogP) is 5.38. The largest absolute Gasteiger partial charge is 0.497 e. The number of ether oxygens (including phenoxy) is 2. The van der Waals surface area contributed by atoms with E-state index in [4.69, 9.17) is 9.47 Å². The van der Waals surface area contributed by atoms with Crippen LogP contribution >= 0.6 is 0 Å². The first kappa shape index (κ1) is 18.9. The maximum atomic E-state index is 12.3. The molecule has 4 nitrogen and oxygen atoms in total. The molecule has 0 saturated heterocycles. The molecule has 0 amide bonds. The molecule has 4 heteroatoms. The predicted molar refractivity (Wildman–Crippen MR) is 108 cm³/mol. The van der Waals surface area contributed by atoms with Gasteiger partial charge in [0.2, 0.25) is 0 Å². The minimum absolute atomic E-state index is 0.0815. The second-order valence-electron chi connectivity index (χ2n) is 7.49. The van der Waals surface area contributed by atoms with E-state index in [9.17, 15) is 4.79 Å². The summed E-state index contributed by atoms with van der Waals surface area (Å²) < 4.78 is 10.5. The van der Waals surface area contributed by atoms with E-state index >= 15 is 0 Å². The number of hydrogen-bond donors (Lipinski definition) is 0. The molecule has 2 aromatic carbocycles. The van der Waals surface area contributed by atoms with E-state index in [0.29, 0.717) is 12.3 Å². The summed E-state index contributed by atoms with van der Waals surface area (Å²) in [6.07, 6.45) is 0. The van der Waals surface area contributed by atoms with Crippen LogP contribution in [0.5, 0.6) is 5.75 Å². The number of fused-ring (bicyclic) bond motifs is 1. The lowest BCUT2D eigenvalue weighted by molar-refractivity contribution is 0.0520. The number of rotatable bonds is 4. The first-order chi connectivity index (χ1) is 12.8. The molecule has 1 heterocycles. The van der Waals surface area contributed by atoms with Crippen molar-refractivity contribution in [3.05, 3.63) is 59.8 Å². The highest BCUT2D eigenvalue weighted by atomic mass is 16.5. The van der Waals surface area contributed by atoms with Gasteiger partial charge in [-0.2, -0.15) is 0 Å². The van der Waals surface area contributed by atoms with Crippen molar-refractivity contribution in [3.63, 3.8) is 0 Å². The summed E-state index contributed by atoms with van der Waals surface area (Å²) in [6, 6.07) is 15.9. The zero-order valence-corrected chi connectivity index (χ0v) is 16.5. The number of esters is 1. The summed E-state index contributed by atoms with van der Waals surface area (Å²) in [7, 11) is 1.64. The Morgan fingerprint density at radius 2 is 1.74 bits per heavy atom. The summed E-state index contributed by atoms with van der Waals surface area (Å²) >= 11 is 0. The minimum atomic E-state index is -0.414. The van der Waals surface area contributed by atoms with E-state index in [0.717, 1.165) is 27.8 Å². The van der Waals surface area contributed by atoms with Crippen LogP contribution in [0, 0.1) is 0 Å². The summed E-state index contributed by atoms with van der Waals surface area (Å²) in [6.45, 7) is 8.67. The minimum Gasteiger partial charge on any atom is -0.497 e. The third-order valence-electron chi connectivity index (χ3n) is 4.56. The van der Waals surface area contributed by atoms with E-state index in [1.54, 1.807) is 20.1 Å². The molecule has 0 unspecified atom stereocenters. The lowest BCUT2D eigenvalue weighted by Gasteiger charge is -2.19. The van der Waals surface area contributed by atoms with Gasteiger partial charge in [-0.05, 0) is 53.3 Å². The molecule has 0 N–H and O–H groups in total. The van der Waals surface area contributed by atoms with Gasteiger partial charge in [0.15, 0.2) is 0 Å². The Labute approximate surface area is 160 Å². The van der Waals surface area contributed by atoms with Crippen molar-refractivity contribution >= 4 is 16.9 Å². The summed E-state index contributed by atoms with van der Waals surface area (Å²) in [5, 5.41) is 0.936. The fourth-order valence-electron chi connectivity index (χ4n) is 3.03. The summed E-state index contributed by atoms with van der Waals surface area (Å²) in [5.74, 6) is 0.337. The van der Waals surface area contributed by atoms with Crippen LogP contribution in [-0.2, 0) is 10.2 Å². The molecule has 0 fully saturated rings. The van der Waals surface area contributed by atoms with Crippen LogP contribution in [0.3, 0.4) is 0 Å².